The topological polar surface area (TPSA) is 102 Å². The molecule has 0 radical (unpaired) electrons. The van der Waals surface area contributed by atoms with Crippen LogP contribution in [0.5, 0.6) is 5.88 Å². The number of hydrogen-bond acceptors (Lipinski definition) is 4. The lowest BCUT2D eigenvalue weighted by molar-refractivity contribution is 0.187. The Morgan fingerprint density at radius 3 is 2.62 bits per heavy atom. The Bertz CT molecular complexity index is 848. The molecule has 1 aromatic heterocycles. The Balaban J connectivity index is 1.72. The normalized spacial score (nSPS) is 20.1. The molecule has 1 fully saturated rings. The molecule has 1 heterocycles. The third-order valence-electron chi connectivity index (χ3n) is 4.50. The van der Waals surface area contributed by atoms with E-state index in [1.165, 1.54) is 6.07 Å². The van der Waals surface area contributed by atoms with Crippen molar-refractivity contribution < 1.29 is 9.53 Å². The van der Waals surface area contributed by atoms with E-state index in [0.717, 1.165) is 25.7 Å². The van der Waals surface area contributed by atoms with Crippen molar-refractivity contribution in [2.45, 2.75) is 38.6 Å². The number of ether oxygens (including phenoxy) is 1. The van der Waals surface area contributed by atoms with Gasteiger partial charge in [-0.3, -0.25) is 0 Å². The molecule has 0 saturated heterocycles. The van der Waals surface area contributed by atoms with Crippen LogP contribution >= 0.6 is 0 Å². The lowest BCUT2D eigenvalue weighted by Crippen LogP contribution is -2.39. The van der Waals surface area contributed by atoms with Crippen molar-refractivity contribution >= 4 is 17.0 Å². The molecular weight excluding hydrogens is 304 g/mol. The quantitative estimate of drug-likeness (QED) is 0.882. The van der Waals surface area contributed by atoms with E-state index in [2.05, 4.69) is 23.3 Å². The van der Waals surface area contributed by atoms with Crippen LogP contribution in [0, 0.1) is 28.6 Å². The Morgan fingerprint density at radius 1 is 1.21 bits per heavy atom. The summed E-state index contributed by atoms with van der Waals surface area (Å²) in [5, 5.41) is 21.7. The van der Waals surface area contributed by atoms with Crippen molar-refractivity contribution in [1.82, 2.24) is 10.3 Å². The van der Waals surface area contributed by atoms with Crippen LogP contribution in [0.1, 0.15) is 43.7 Å². The Kier molecular flexibility index (Phi) is 4.39. The van der Waals surface area contributed by atoms with Crippen molar-refractivity contribution in [3.8, 4) is 18.0 Å². The number of nitrogens with zero attached hydrogens (tertiary/aromatic N) is 2. The molecule has 0 unspecified atom stereocenters. The minimum absolute atomic E-state index is 0.151. The number of nitrogens with one attached hydrogen (secondary N) is 2. The first-order chi connectivity index (χ1) is 11.6. The van der Waals surface area contributed by atoms with E-state index in [4.69, 9.17) is 10.00 Å². The molecular formula is C18H18N4O2. The van der Waals surface area contributed by atoms with Crippen LogP contribution in [-0.2, 0) is 0 Å². The van der Waals surface area contributed by atoms with Crippen molar-refractivity contribution in [1.29, 1.82) is 10.5 Å². The maximum atomic E-state index is 12.0. The van der Waals surface area contributed by atoms with Gasteiger partial charge in [-0.05, 0) is 43.7 Å². The number of aromatic nitrogens is 1. The molecule has 1 aromatic carbocycles. The van der Waals surface area contributed by atoms with E-state index in [-0.39, 0.29) is 11.9 Å². The zero-order valence-electron chi connectivity index (χ0n) is 13.4. The molecule has 0 bridgehead atoms. The summed E-state index contributed by atoms with van der Waals surface area (Å²) in [7, 11) is 0. The number of amides is 1. The highest BCUT2D eigenvalue weighted by molar-refractivity contribution is 5.89. The second-order valence-corrected chi connectivity index (χ2v) is 6.33. The Hall–Kier alpha value is -2.99. The van der Waals surface area contributed by atoms with Gasteiger partial charge in [-0.1, -0.05) is 6.92 Å². The van der Waals surface area contributed by atoms with Crippen molar-refractivity contribution in [3.05, 3.63) is 29.3 Å². The van der Waals surface area contributed by atoms with Crippen molar-refractivity contribution in [2.75, 3.05) is 0 Å². The molecule has 6 nitrogen and oxygen atoms in total. The lowest BCUT2D eigenvalue weighted by Gasteiger charge is -2.26. The second-order valence-electron chi connectivity index (χ2n) is 6.33. The van der Waals surface area contributed by atoms with Gasteiger partial charge in [-0.2, -0.15) is 10.5 Å². The van der Waals surface area contributed by atoms with Crippen LogP contribution in [0.15, 0.2) is 18.2 Å². The average Bonchev–Trinajstić information content (AvgIpc) is 2.97. The van der Waals surface area contributed by atoms with Gasteiger partial charge in [0.25, 0.3) is 0 Å². The number of rotatable bonds is 2. The Morgan fingerprint density at radius 2 is 1.96 bits per heavy atom. The van der Waals surface area contributed by atoms with Crippen LogP contribution < -0.4 is 10.1 Å². The maximum absolute atomic E-state index is 12.0. The van der Waals surface area contributed by atoms with Gasteiger partial charge in [0.15, 0.2) is 0 Å². The van der Waals surface area contributed by atoms with Gasteiger partial charge in [0.1, 0.15) is 0 Å². The highest BCUT2D eigenvalue weighted by Gasteiger charge is 2.21. The monoisotopic (exact) mass is 322 g/mol. The molecule has 6 heteroatoms. The number of nitriles is 2. The summed E-state index contributed by atoms with van der Waals surface area (Å²) in [5.41, 5.74) is 1.35. The molecule has 1 saturated carbocycles. The number of carbonyl (C=O) groups excluding carboxylic acids is 1. The summed E-state index contributed by atoms with van der Waals surface area (Å²) in [5.74, 6) is 0.977. The predicted molar refractivity (Wildman–Crippen MR) is 88.3 cm³/mol. The summed E-state index contributed by atoms with van der Waals surface area (Å²) in [6.45, 7) is 2.22. The van der Waals surface area contributed by atoms with Crippen LogP contribution in [0.2, 0.25) is 0 Å². The standard InChI is InChI=1S/C18H18N4O2/c1-11-2-4-14(5-3-11)21-18(23)24-17-8-15-13(10-20)6-12(9-19)7-16(15)22-17/h6-8,11,14,22H,2-5H2,1H3,(H,21,23)/t11-,14-. The second kappa shape index (κ2) is 6.64. The fourth-order valence-electron chi connectivity index (χ4n) is 3.12. The summed E-state index contributed by atoms with van der Waals surface area (Å²) in [6, 6.07) is 8.97. The smallest absolute Gasteiger partial charge is 0.393 e. The molecule has 122 valence electrons. The Labute approximate surface area is 140 Å². The molecule has 3 rings (SSSR count). The molecule has 1 aliphatic carbocycles. The summed E-state index contributed by atoms with van der Waals surface area (Å²) in [4.78, 5) is 15.0. The minimum Gasteiger partial charge on any atom is -0.393 e. The minimum atomic E-state index is -0.500. The molecule has 24 heavy (non-hydrogen) atoms. The van der Waals surface area contributed by atoms with Gasteiger partial charge in [0.2, 0.25) is 5.88 Å². The highest BCUT2D eigenvalue weighted by Crippen LogP contribution is 2.26. The zero-order valence-corrected chi connectivity index (χ0v) is 13.4. The van der Waals surface area contributed by atoms with Gasteiger partial charge in [0.05, 0.1) is 28.8 Å². The first-order valence-electron chi connectivity index (χ1n) is 8.04. The third kappa shape index (κ3) is 3.33. The van der Waals surface area contributed by atoms with Crippen LogP contribution in [0.25, 0.3) is 10.9 Å². The molecule has 0 spiro atoms. The largest absolute Gasteiger partial charge is 0.414 e. The van der Waals surface area contributed by atoms with Crippen molar-refractivity contribution in [2.24, 2.45) is 5.92 Å². The SMILES string of the molecule is C[C@H]1CC[C@H](NC(=O)Oc2cc3c(C#N)cc(C#N)cc3[nH]2)CC1. The highest BCUT2D eigenvalue weighted by atomic mass is 16.6. The van der Waals surface area contributed by atoms with Gasteiger partial charge in [-0.25, -0.2) is 4.79 Å². The van der Waals surface area contributed by atoms with E-state index >= 15 is 0 Å². The van der Waals surface area contributed by atoms with E-state index in [9.17, 15) is 10.1 Å². The van der Waals surface area contributed by atoms with E-state index < -0.39 is 6.09 Å². The third-order valence-corrected chi connectivity index (χ3v) is 4.50. The van der Waals surface area contributed by atoms with Gasteiger partial charge >= 0.3 is 6.09 Å². The zero-order chi connectivity index (χ0) is 17.1. The number of H-pyrrole nitrogens is 1. The van der Waals surface area contributed by atoms with E-state index in [1.807, 2.05) is 6.07 Å². The van der Waals surface area contributed by atoms with Gasteiger partial charge in [-0.15, -0.1) is 0 Å². The predicted octanol–water partition coefficient (Wildman–Crippen LogP) is 3.58. The van der Waals surface area contributed by atoms with E-state index in [0.29, 0.717) is 27.9 Å². The van der Waals surface area contributed by atoms with Gasteiger partial charge < -0.3 is 15.0 Å². The van der Waals surface area contributed by atoms with Crippen LogP contribution in [0.3, 0.4) is 0 Å². The fraction of sp³-hybridized carbons (Fsp3) is 0.389. The molecule has 0 aliphatic heterocycles. The average molecular weight is 322 g/mol. The molecule has 2 aromatic rings. The lowest BCUT2D eigenvalue weighted by atomic mass is 9.87. The number of hydrogen-bond donors (Lipinski definition) is 2. The summed E-state index contributed by atoms with van der Waals surface area (Å²) >= 11 is 0. The van der Waals surface area contributed by atoms with Crippen LogP contribution in [-0.4, -0.2) is 17.1 Å². The van der Waals surface area contributed by atoms with Gasteiger partial charge in [0, 0.05) is 17.5 Å². The summed E-state index contributed by atoms with van der Waals surface area (Å²) < 4.78 is 5.30. The first kappa shape index (κ1) is 15.9. The number of benzene rings is 1. The molecule has 1 amide bonds. The molecule has 0 atom stereocenters. The number of carbonyl (C=O) groups is 1. The fourth-order valence-corrected chi connectivity index (χ4v) is 3.12. The molecule has 2 N–H and O–H groups in total. The summed E-state index contributed by atoms with van der Waals surface area (Å²) in [6.07, 6.45) is 3.65. The van der Waals surface area contributed by atoms with Crippen molar-refractivity contribution in [3.63, 3.8) is 0 Å². The van der Waals surface area contributed by atoms with Crippen LogP contribution in [0.4, 0.5) is 4.79 Å². The first-order valence-corrected chi connectivity index (χ1v) is 8.04. The maximum Gasteiger partial charge on any atom is 0.414 e. The molecule has 1 aliphatic rings. The number of aromatic amines is 1. The van der Waals surface area contributed by atoms with E-state index in [1.54, 1.807) is 12.1 Å². The number of fused-ring (bicyclic) bond motifs is 1.